The molecule has 0 aliphatic carbocycles. The second-order valence-corrected chi connectivity index (χ2v) is 4.56. The van der Waals surface area contributed by atoms with E-state index in [-0.39, 0.29) is 11.5 Å². The van der Waals surface area contributed by atoms with Crippen LogP contribution < -0.4 is 5.32 Å². The first-order valence-electron chi connectivity index (χ1n) is 6.41. The van der Waals surface area contributed by atoms with Gasteiger partial charge in [0.2, 0.25) is 5.91 Å². The third-order valence-corrected chi connectivity index (χ3v) is 3.10. The summed E-state index contributed by atoms with van der Waals surface area (Å²) in [5.74, 6) is -2.25. The van der Waals surface area contributed by atoms with Crippen LogP contribution in [-0.4, -0.2) is 23.0 Å². The number of benzene rings is 1. The second-order valence-electron chi connectivity index (χ2n) is 4.56. The van der Waals surface area contributed by atoms with Crippen LogP contribution in [0.15, 0.2) is 30.3 Å². The number of nitrogens with one attached hydrogen (secondary N) is 1. The number of halogens is 1. The minimum Gasteiger partial charge on any atom is -0.480 e. The van der Waals surface area contributed by atoms with E-state index >= 15 is 0 Å². The largest absolute Gasteiger partial charge is 0.480 e. The lowest BCUT2D eigenvalue weighted by Crippen LogP contribution is -2.44. The highest BCUT2D eigenvalue weighted by Crippen LogP contribution is 2.10. The molecular formula is C15H18FNO3. The molecule has 1 rings (SSSR count). The van der Waals surface area contributed by atoms with Gasteiger partial charge in [0.05, 0.1) is 0 Å². The zero-order chi connectivity index (χ0) is 15.1. The molecule has 0 bridgehead atoms. The van der Waals surface area contributed by atoms with Gasteiger partial charge < -0.3 is 10.4 Å². The van der Waals surface area contributed by atoms with Gasteiger partial charge in [-0.05, 0) is 18.1 Å². The van der Waals surface area contributed by atoms with Crippen molar-refractivity contribution in [3.63, 3.8) is 0 Å². The Bertz CT molecular complexity index is 514. The fraction of sp³-hybridized carbons (Fsp3) is 0.333. The highest BCUT2D eigenvalue weighted by atomic mass is 19.1. The number of hydrogen-bond acceptors (Lipinski definition) is 2. The van der Waals surface area contributed by atoms with Crippen molar-refractivity contribution in [2.75, 3.05) is 0 Å². The van der Waals surface area contributed by atoms with E-state index in [2.05, 4.69) is 5.32 Å². The molecular weight excluding hydrogens is 261 g/mol. The van der Waals surface area contributed by atoms with Gasteiger partial charge in [0.15, 0.2) is 0 Å². The number of carboxylic acids is 1. The zero-order valence-corrected chi connectivity index (χ0v) is 11.5. The first-order valence-corrected chi connectivity index (χ1v) is 6.41. The maximum atomic E-state index is 13.3. The summed E-state index contributed by atoms with van der Waals surface area (Å²) in [6.45, 7) is 3.60. The van der Waals surface area contributed by atoms with Gasteiger partial charge in [0, 0.05) is 11.6 Å². The third kappa shape index (κ3) is 4.50. The van der Waals surface area contributed by atoms with E-state index in [0.717, 1.165) is 6.08 Å². The van der Waals surface area contributed by atoms with E-state index in [1.807, 2.05) is 6.92 Å². The van der Waals surface area contributed by atoms with Crippen molar-refractivity contribution < 1.29 is 19.1 Å². The van der Waals surface area contributed by atoms with Crippen LogP contribution in [0.5, 0.6) is 0 Å². The van der Waals surface area contributed by atoms with Crippen molar-refractivity contribution in [2.45, 2.75) is 26.3 Å². The van der Waals surface area contributed by atoms with Crippen molar-refractivity contribution in [2.24, 2.45) is 5.92 Å². The highest BCUT2D eigenvalue weighted by Gasteiger charge is 2.24. The molecule has 0 spiro atoms. The summed E-state index contributed by atoms with van der Waals surface area (Å²) in [4.78, 5) is 22.7. The minimum absolute atomic E-state index is 0.182. The van der Waals surface area contributed by atoms with E-state index in [0.29, 0.717) is 6.42 Å². The maximum absolute atomic E-state index is 13.3. The molecule has 0 aliphatic heterocycles. The molecule has 1 amide bonds. The monoisotopic (exact) mass is 279 g/mol. The van der Waals surface area contributed by atoms with Crippen LogP contribution in [0.1, 0.15) is 25.8 Å². The van der Waals surface area contributed by atoms with Gasteiger partial charge in [-0.2, -0.15) is 0 Å². The van der Waals surface area contributed by atoms with Crippen LogP contribution in [-0.2, 0) is 9.59 Å². The van der Waals surface area contributed by atoms with E-state index in [1.165, 1.54) is 18.2 Å². The quantitative estimate of drug-likeness (QED) is 0.786. The van der Waals surface area contributed by atoms with Crippen LogP contribution in [0.25, 0.3) is 6.08 Å². The predicted molar refractivity (Wildman–Crippen MR) is 74.5 cm³/mol. The van der Waals surface area contributed by atoms with E-state index in [9.17, 15) is 14.0 Å². The number of aliphatic carboxylic acids is 1. The fourth-order valence-electron chi connectivity index (χ4n) is 1.66. The lowest BCUT2D eigenvalue weighted by atomic mass is 9.99. The first kappa shape index (κ1) is 15.9. The van der Waals surface area contributed by atoms with Gasteiger partial charge in [-0.1, -0.05) is 38.5 Å². The smallest absolute Gasteiger partial charge is 0.326 e. The van der Waals surface area contributed by atoms with Crippen LogP contribution >= 0.6 is 0 Å². The Kier molecular flexibility index (Phi) is 5.90. The van der Waals surface area contributed by atoms with Crippen molar-refractivity contribution in [1.29, 1.82) is 0 Å². The van der Waals surface area contributed by atoms with Gasteiger partial charge in [-0.3, -0.25) is 4.79 Å². The van der Waals surface area contributed by atoms with Gasteiger partial charge >= 0.3 is 5.97 Å². The van der Waals surface area contributed by atoms with Crippen molar-refractivity contribution in [3.05, 3.63) is 41.7 Å². The summed E-state index contributed by atoms with van der Waals surface area (Å²) < 4.78 is 13.3. The lowest BCUT2D eigenvalue weighted by Gasteiger charge is -2.19. The third-order valence-electron chi connectivity index (χ3n) is 3.10. The average Bonchev–Trinajstić information content (AvgIpc) is 2.42. The maximum Gasteiger partial charge on any atom is 0.326 e. The molecule has 0 fully saturated rings. The summed E-state index contributed by atoms with van der Waals surface area (Å²) in [5, 5.41) is 11.5. The number of carboxylic acid groups (broad SMARTS) is 1. The summed E-state index contributed by atoms with van der Waals surface area (Å²) in [7, 11) is 0. The molecule has 2 atom stereocenters. The first-order chi connectivity index (χ1) is 9.45. The molecule has 1 unspecified atom stereocenters. The Balaban J connectivity index is 2.71. The standard InChI is InChI=1S/C15H18FNO3/c1-3-10(2)14(15(19)20)17-13(18)9-8-11-6-4-5-7-12(11)16/h4-10,14H,3H2,1-2H3,(H,17,18)(H,19,20)/t10?,14-/m0/s1. The molecule has 0 saturated heterocycles. The van der Waals surface area contributed by atoms with E-state index in [1.54, 1.807) is 19.1 Å². The van der Waals surface area contributed by atoms with Crippen LogP contribution in [0, 0.1) is 11.7 Å². The zero-order valence-electron chi connectivity index (χ0n) is 11.5. The van der Waals surface area contributed by atoms with Crippen LogP contribution in [0.4, 0.5) is 4.39 Å². The molecule has 0 radical (unpaired) electrons. The number of hydrogen-bond donors (Lipinski definition) is 2. The molecule has 1 aromatic carbocycles. The van der Waals surface area contributed by atoms with Crippen molar-refractivity contribution in [1.82, 2.24) is 5.32 Å². The Hall–Kier alpha value is -2.17. The summed E-state index contributed by atoms with van der Waals surface area (Å²) in [6.07, 6.45) is 3.09. The Morgan fingerprint density at radius 3 is 2.60 bits per heavy atom. The average molecular weight is 279 g/mol. The molecule has 1 aromatic rings. The van der Waals surface area contributed by atoms with Crippen molar-refractivity contribution in [3.8, 4) is 0 Å². The summed E-state index contributed by atoms with van der Waals surface area (Å²) in [5.41, 5.74) is 0.276. The Morgan fingerprint density at radius 2 is 2.05 bits per heavy atom. The van der Waals surface area contributed by atoms with Gasteiger partial charge in [-0.25, -0.2) is 9.18 Å². The molecule has 0 aliphatic rings. The van der Waals surface area contributed by atoms with E-state index in [4.69, 9.17) is 5.11 Å². The Labute approximate surface area is 117 Å². The highest BCUT2D eigenvalue weighted by molar-refractivity contribution is 5.94. The topological polar surface area (TPSA) is 66.4 Å². The summed E-state index contributed by atoms with van der Waals surface area (Å²) in [6, 6.07) is 5.08. The number of rotatable bonds is 6. The molecule has 4 nitrogen and oxygen atoms in total. The molecule has 5 heteroatoms. The van der Waals surface area contributed by atoms with Crippen molar-refractivity contribution >= 4 is 18.0 Å². The number of carbonyl (C=O) groups excluding carboxylic acids is 1. The van der Waals surface area contributed by atoms with Gasteiger partial charge in [0.25, 0.3) is 0 Å². The van der Waals surface area contributed by atoms with Gasteiger partial charge in [-0.15, -0.1) is 0 Å². The number of carbonyl (C=O) groups is 2. The van der Waals surface area contributed by atoms with Crippen LogP contribution in [0.2, 0.25) is 0 Å². The SMILES string of the molecule is CCC(C)[C@H](NC(=O)C=Cc1ccccc1F)C(=O)O. The molecule has 0 aromatic heterocycles. The molecule has 108 valence electrons. The molecule has 2 N–H and O–H groups in total. The van der Waals surface area contributed by atoms with E-state index < -0.39 is 23.7 Å². The molecule has 0 saturated carbocycles. The minimum atomic E-state index is -1.08. The number of amides is 1. The fourth-order valence-corrected chi connectivity index (χ4v) is 1.66. The Morgan fingerprint density at radius 1 is 1.40 bits per heavy atom. The normalized spacial score (nSPS) is 13.9. The van der Waals surface area contributed by atoms with Crippen LogP contribution in [0.3, 0.4) is 0 Å². The summed E-state index contributed by atoms with van der Waals surface area (Å²) >= 11 is 0. The molecule has 0 heterocycles. The predicted octanol–water partition coefficient (Wildman–Crippen LogP) is 2.45. The molecule has 20 heavy (non-hydrogen) atoms. The second kappa shape index (κ2) is 7.43. The lowest BCUT2D eigenvalue weighted by molar-refractivity contribution is -0.142. The van der Waals surface area contributed by atoms with Gasteiger partial charge in [0.1, 0.15) is 11.9 Å².